The van der Waals surface area contributed by atoms with E-state index in [1.165, 1.54) is 24.5 Å². The first-order valence-electron chi connectivity index (χ1n) is 9.44. The van der Waals surface area contributed by atoms with Gasteiger partial charge in [0.05, 0.1) is 10.6 Å². The molecule has 0 aliphatic heterocycles. The standard InChI is InChI=1S/C21H13BrF5N5OS/c22-12-4-5-15(29-9-12)20(33,17(23)24)18-30-10-14(34-18)11-2-1-3-13(8-11)31-19-28-7-6-16(32-19)21(25,26)27/h1-10,17,33H,(H,28,31,32). The molecule has 0 saturated carbocycles. The summed E-state index contributed by atoms with van der Waals surface area (Å²) >= 11 is 4.01. The van der Waals surface area contributed by atoms with Gasteiger partial charge in [-0.25, -0.2) is 23.7 Å². The van der Waals surface area contributed by atoms with Crippen molar-refractivity contribution in [1.82, 2.24) is 19.9 Å². The number of nitrogens with zero attached hydrogens (tertiary/aromatic N) is 4. The number of rotatable bonds is 6. The van der Waals surface area contributed by atoms with Crippen LogP contribution in [0.1, 0.15) is 16.4 Å². The van der Waals surface area contributed by atoms with Gasteiger partial charge in [0.25, 0.3) is 6.43 Å². The smallest absolute Gasteiger partial charge is 0.372 e. The summed E-state index contributed by atoms with van der Waals surface area (Å²) in [6.07, 6.45) is -4.22. The number of benzene rings is 1. The topological polar surface area (TPSA) is 83.8 Å². The summed E-state index contributed by atoms with van der Waals surface area (Å²) < 4.78 is 67.1. The molecule has 176 valence electrons. The average Bonchev–Trinajstić information content (AvgIpc) is 3.30. The van der Waals surface area contributed by atoms with Crippen LogP contribution in [0.5, 0.6) is 0 Å². The van der Waals surface area contributed by atoms with Crippen molar-refractivity contribution in [2.75, 3.05) is 5.32 Å². The molecule has 0 amide bonds. The lowest BCUT2D eigenvalue weighted by molar-refractivity contribution is -0.141. The van der Waals surface area contributed by atoms with E-state index in [9.17, 15) is 27.1 Å². The van der Waals surface area contributed by atoms with Crippen molar-refractivity contribution in [2.24, 2.45) is 0 Å². The zero-order chi connectivity index (χ0) is 24.5. The van der Waals surface area contributed by atoms with Gasteiger partial charge in [0, 0.05) is 28.8 Å². The lowest BCUT2D eigenvalue weighted by atomic mass is 10.0. The Balaban J connectivity index is 1.63. The predicted molar refractivity (Wildman–Crippen MR) is 119 cm³/mol. The van der Waals surface area contributed by atoms with Crippen LogP contribution in [0.3, 0.4) is 0 Å². The Hall–Kier alpha value is -3.03. The molecule has 0 aliphatic carbocycles. The molecule has 4 aromatic rings. The molecule has 0 fully saturated rings. The molecule has 3 heterocycles. The van der Waals surface area contributed by atoms with Crippen LogP contribution >= 0.6 is 27.3 Å². The molecule has 6 nitrogen and oxygen atoms in total. The molecule has 1 unspecified atom stereocenters. The van der Waals surface area contributed by atoms with Gasteiger partial charge in [0.1, 0.15) is 10.7 Å². The van der Waals surface area contributed by atoms with E-state index in [0.29, 0.717) is 20.6 Å². The summed E-state index contributed by atoms with van der Waals surface area (Å²) in [5.41, 5.74) is -3.18. The molecule has 0 bridgehead atoms. The van der Waals surface area contributed by atoms with E-state index in [-0.39, 0.29) is 16.6 Å². The van der Waals surface area contributed by atoms with Crippen LogP contribution in [0.4, 0.5) is 33.6 Å². The summed E-state index contributed by atoms with van der Waals surface area (Å²) in [7, 11) is 0. The molecule has 0 radical (unpaired) electrons. The molecule has 0 spiro atoms. The third-order valence-corrected chi connectivity index (χ3v) is 6.25. The maximum atomic E-state index is 14.0. The number of thiazole rings is 1. The molecule has 0 aliphatic rings. The molecule has 0 saturated heterocycles. The molecule has 1 aromatic carbocycles. The van der Waals surface area contributed by atoms with Gasteiger partial charge < -0.3 is 10.4 Å². The number of halogens is 6. The monoisotopic (exact) mass is 557 g/mol. The second kappa shape index (κ2) is 9.31. The second-order valence-corrected chi connectivity index (χ2v) is 8.87. The number of hydrogen-bond donors (Lipinski definition) is 2. The Labute approximate surface area is 201 Å². The largest absolute Gasteiger partial charge is 0.433 e. The highest BCUT2D eigenvalue weighted by atomic mass is 79.9. The molecule has 34 heavy (non-hydrogen) atoms. The highest BCUT2D eigenvalue weighted by molar-refractivity contribution is 9.10. The van der Waals surface area contributed by atoms with E-state index in [1.807, 2.05) is 0 Å². The minimum atomic E-state index is -4.62. The van der Waals surface area contributed by atoms with Crippen molar-refractivity contribution in [3.05, 3.63) is 81.9 Å². The van der Waals surface area contributed by atoms with Crippen LogP contribution < -0.4 is 5.32 Å². The first-order valence-corrected chi connectivity index (χ1v) is 11.0. The molecular weight excluding hydrogens is 545 g/mol. The summed E-state index contributed by atoms with van der Waals surface area (Å²) in [5.74, 6) is -0.259. The quantitative estimate of drug-likeness (QED) is 0.282. The maximum Gasteiger partial charge on any atom is 0.433 e. The molecule has 1 atom stereocenters. The highest BCUT2D eigenvalue weighted by Crippen LogP contribution is 2.40. The van der Waals surface area contributed by atoms with Crippen molar-refractivity contribution in [3.63, 3.8) is 0 Å². The van der Waals surface area contributed by atoms with Crippen molar-refractivity contribution in [2.45, 2.75) is 18.2 Å². The summed E-state index contributed by atoms with van der Waals surface area (Å²) in [6.45, 7) is 0. The predicted octanol–water partition coefficient (Wildman–Crippen LogP) is 6.02. The average molecular weight is 558 g/mol. The molecule has 2 N–H and O–H groups in total. The normalized spacial score (nSPS) is 13.6. The van der Waals surface area contributed by atoms with Crippen molar-refractivity contribution in [1.29, 1.82) is 0 Å². The first kappa shape index (κ1) is 24.1. The van der Waals surface area contributed by atoms with E-state index < -0.39 is 23.9 Å². The van der Waals surface area contributed by atoms with E-state index in [4.69, 9.17) is 0 Å². The highest BCUT2D eigenvalue weighted by Gasteiger charge is 2.46. The van der Waals surface area contributed by atoms with E-state index in [2.05, 4.69) is 41.2 Å². The van der Waals surface area contributed by atoms with Gasteiger partial charge in [-0.2, -0.15) is 13.2 Å². The van der Waals surface area contributed by atoms with Crippen molar-refractivity contribution in [3.8, 4) is 10.4 Å². The van der Waals surface area contributed by atoms with Gasteiger partial charge in [-0.3, -0.25) is 4.98 Å². The van der Waals surface area contributed by atoms with Crippen LogP contribution in [0, 0.1) is 0 Å². The Bertz CT molecular complexity index is 1300. The third-order valence-electron chi connectivity index (χ3n) is 4.61. The Morgan fingerprint density at radius 3 is 2.44 bits per heavy atom. The Morgan fingerprint density at radius 2 is 1.76 bits per heavy atom. The number of anilines is 2. The number of aromatic nitrogens is 4. The van der Waals surface area contributed by atoms with Crippen LogP contribution in [0.2, 0.25) is 0 Å². The number of alkyl halides is 5. The van der Waals surface area contributed by atoms with Crippen LogP contribution in [-0.2, 0) is 11.8 Å². The van der Waals surface area contributed by atoms with Gasteiger partial charge in [0.2, 0.25) is 11.5 Å². The van der Waals surface area contributed by atoms with Crippen LogP contribution in [0.25, 0.3) is 10.4 Å². The number of hydrogen-bond acceptors (Lipinski definition) is 7. The molecule has 13 heteroatoms. The van der Waals surface area contributed by atoms with Crippen molar-refractivity contribution < 1.29 is 27.1 Å². The van der Waals surface area contributed by atoms with Crippen molar-refractivity contribution >= 4 is 38.9 Å². The van der Waals surface area contributed by atoms with Gasteiger partial charge in [-0.05, 0) is 51.8 Å². The third kappa shape index (κ3) is 4.91. The molecule has 3 aromatic heterocycles. The number of pyridine rings is 1. The number of aliphatic hydroxyl groups is 1. The lowest BCUT2D eigenvalue weighted by Gasteiger charge is -2.24. The zero-order valence-electron chi connectivity index (χ0n) is 16.8. The fourth-order valence-corrected chi connectivity index (χ4v) is 4.20. The maximum absolute atomic E-state index is 14.0. The second-order valence-electron chi connectivity index (χ2n) is 6.93. The SMILES string of the molecule is OC(c1ccc(Br)cn1)(c1ncc(-c2cccc(Nc3nccc(C(F)(F)F)n3)c2)s1)C(F)F. The van der Waals surface area contributed by atoms with Gasteiger partial charge in [-0.1, -0.05) is 12.1 Å². The molecular formula is C21H13BrF5N5OS. The lowest BCUT2D eigenvalue weighted by Crippen LogP contribution is -2.36. The van der Waals surface area contributed by atoms with Gasteiger partial charge >= 0.3 is 6.18 Å². The van der Waals surface area contributed by atoms with E-state index >= 15 is 0 Å². The minimum Gasteiger partial charge on any atom is -0.372 e. The summed E-state index contributed by atoms with van der Waals surface area (Å²) in [4.78, 5) is 15.6. The van der Waals surface area contributed by atoms with Crippen LogP contribution in [-0.4, -0.2) is 31.5 Å². The summed E-state index contributed by atoms with van der Waals surface area (Å²) in [6, 6.07) is 9.93. The van der Waals surface area contributed by atoms with Crippen LogP contribution in [0.15, 0.2) is 65.5 Å². The Kier molecular flexibility index (Phi) is 6.60. The van der Waals surface area contributed by atoms with Gasteiger partial charge in [-0.15, -0.1) is 11.3 Å². The van der Waals surface area contributed by atoms with E-state index in [1.54, 1.807) is 24.3 Å². The number of nitrogens with one attached hydrogen (secondary N) is 1. The zero-order valence-corrected chi connectivity index (χ0v) is 19.2. The fraction of sp³-hybridized carbons (Fsp3) is 0.143. The first-order chi connectivity index (χ1) is 16.1. The Morgan fingerprint density at radius 1 is 0.971 bits per heavy atom. The van der Waals surface area contributed by atoms with Gasteiger partial charge in [0.15, 0.2) is 0 Å². The fourth-order valence-electron chi connectivity index (χ4n) is 2.96. The molecule has 4 rings (SSSR count). The summed E-state index contributed by atoms with van der Waals surface area (Å²) in [5, 5.41) is 13.3. The minimum absolute atomic E-state index is 0.258. The van der Waals surface area contributed by atoms with E-state index in [0.717, 1.165) is 23.6 Å².